The second-order valence-electron chi connectivity index (χ2n) is 7.32. The van der Waals surface area contributed by atoms with Crippen LogP contribution in [0.1, 0.15) is 62.1 Å². The van der Waals surface area contributed by atoms with Crippen LogP contribution in [0.3, 0.4) is 0 Å². The van der Waals surface area contributed by atoms with Crippen LogP contribution in [-0.2, 0) is 12.8 Å². The molecule has 3 aromatic carbocycles. The summed E-state index contributed by atoms with van der Waals surface area (Å²) in [6.07, 6.45) is 9.94. The number of benzene rings is 3. The van der Waals surface area contributed by atoms with Gasteiger partial charge in [-0.15, -0.1) is 0 Å². The predicted octanol–water partition coefficient (Wildman–Crippen LogP) is 6.92. The van der Waals surface area contributed by atoms with Crippen molar-refractivity contribution >= 4 is 16.5 Å². The SMILES string of the molecule is CCCCCCCCc1c(N)cc2ccccc2c1Cc1ccccc1. The molecule has 26 heavy (non-hydrogen) atoms. The highest BCUT2D eigenvalue weighted by Crippen LogP contribution is 2.31. The molecule has 0 saturated heterocycles. The monoisotopic (exact) mass is 345 g/mol. The van der Waals surface area contributed by atoms with Crippen LogP contribution < -0.4 is 5.73 Å². The third-order valence-electron chi connectivity index (χ3n) is 5.31. The van der Waals surface area contributed by atoms with Crippen LogP contribution in [0.25, 0.3) is 10.8 Å². The van der Waals surface area contributed by atoms with Crippen LogP contribution in [0.4, 0.5) is 5.69 Å². The van der Waals surface area contributed by atoms with Crippen LogP contribution in [-0.4, -0.2) is 0 Å². The van der Waals surface area contributed by atoms with E-state index in [2.05, 4.69) is 67.6 Å². The Bertz CT molecular complexity index is 820. The van der Waals surface area contributed by atoms with E-state index in [1.54, 1.807) is 0 Å². The molecule has 0 unspecified atom stereocenters. The molecule has 0 bridgehead atoms. The summed E-state index contributed by atoms with van der Waals surface area (Å²) in [4.78, 5) is 0. The molecule has 2 N–H and O–H groups in total. The van der Waals surface area contributed by atoms with Gasteiger partial charge in [-0.3, -0.25) is 0 Å². The molecule has 0 heterocycles. The van der Waals surface area contributed by atoms with E-state index in [1.807, 2.05) is 0 Å². The summed E-state index contributed by atoms with van der Waals surface area (Å²) in [5, 5.41) is 2.61. The van der Waals surface area contributed by atoms with Gasteiger partial charge in [0, 0.05) is 5.69 Å². The molecule has 0 saturated carbocycles. The van der Waals surface area contributed by atoms with Gasteiger partial charge in [0.05, 0.1) is 0 Å². The van der Waals surface area contributed by atoms with E-state index in [9.17, 15) is 0 Å². The third-order valence-corrected chi connectivity index (χ3v) is 5.31. The summed E-state index contributed by atoms with van der Waals surface area (Å²) in [5.74, 6) is 0. The summed E-state index contributed by atoms with van der Waals surface area (Å²) < 4.78 is 0. The lowest BCUT2D eigenvalue weighted by Gasteiger charge is -2.16. The van der Waals surface area contributed by atoms with Crippen molar-refractivity contribution in [2.24, 2.45) is 0 Å². The Kier molecular flexibility index (Phi) is 6.71. The number of rotatable bonds is 9. The van der Waals surface area contributed by atoms with E-state index >= 15 is 0 Å². The van der Waals surface area contributed by atoms with Crippen LogP contribution in [0, 0.1) is 0 Å². The lowest BCUT2D eigenvalue weighted by atomic mass is 9.90. The van der Waals surface area contributed by atoms with Crippen molar-refractivity contribution in [3.63, 3.8) is 0 Å². The Morgan fingerprint density at radius 3 is 2.23 bits per heavy atom. The fourth-order valence-electron chi connectivity index (χ4n) is 3.87. The van der Waals surface area contributed by atoms with Crippen molar-refractivity contribution in [3.8, 4) is 0 Å². The zero-order chi connectivity index (χ0) is 18.2. The molecule has 0 aliphatic carbocycles. The van der Waals surface area contributed by atoms with Crippen molar-refractivity contribution in [3.05, 3.63) is 77.4 Å². The Balaban J connectivity index is 1.85. The minimum absolute atomic E-state index is 0.956. The molecule has 3 aromatic rings. The molecule has 0 radical (unpaired) electrons. The summed E-state index contributed by atoms with van der Waals surface area (Å²) in [6.45, 7) is 2.27. The van der Waals surface area contributed by atoms with Gasteiger partial charge >= 0.3 is 0 Å². The summed E-state index contributed by atoms with van der Waals surface area (Å²) in [6, 6.07) is 21.6. The van der Waals surface area contributed by atoms with Gasteiger partial charge in [0.1, 0.15) is 0 Å². The van der Waals surface area contributed by atoms with Crippen molar-refractivity contribution < 1.29 is 0 Å². The number of nitrogen functional groups attached to an aromatic ring is 1. The van der Waals surface area contributed by atoms with Gasteiger partial charge < -0.3 is 5.73 Å². The number of anilines is 1. The van der Waals surface area contributed by atoms with E-state index in [4.69, 9.17) is 5.73 Å². The number of nitrogens with two attached hydrogens (primary N) is 1. The maximum atomic E-state index is 6.50. The fourth-order valence-corrected chi connectivity index (χ4v) is 3.87. The third kappa shape index (κ3) is 4.66. The molecule has 1 heteroatoms. The average molecular weight is 346 g/mol. The summed E-state index contributed by atoms with van der Waals surface area (Å²) in [7, 11) is 0. The first kappa shape index (κ1) is 18.5. The number of unbranched alkanes of at least 4 members (excludes halogenated alkanes) is 5. The first-order valence-corrected chi connectivity index (χ1v) is 10.1. The summed E-state index contributed by atoms with van der Waals surface area (Å²) in [5.41, 5.74) is 11.6. The Morgan fingerprint density at radius 2 is 1.42 bits per heavy atom. The lowest BCUT2D eigenvalue weighted by molar-refractivity contribution is 0.607. The average Bonchev–Trinajstić information content (AvgIpc) is 2.67. The quantitative estimate of drug-likeness (QED) is 0.331. The topological polar surface area (TPSA) is 26.0 Å². The van der Waals surface area contributed by atoms with E-state index in [1.165, 1.54) is 66.0 Å². The maximum absolute atomic E-state index is 6.50. The minimum atomic E-state index is 0.956. The normalized spacial score (nSPS) is 11.1. The van der Waals surface area contributed by atoms with Crippen LogP contribution in [0.2, 0.25) is 0 Å². The fraction of sp³-hybridized carbons (Fsp3) is 0.360. The van der Waals surface area contributed by atoms with Crippen LogP contribution in [0.15, 0.2) is 60.7 Å². The second-order valence-corrected chi connectivity index (χ2v) is 7.32. The molecule has 0 aliphatic rings. The summed E-state index contributed by atoms with van der Waals surface area (Å²) >= 11 is 0. The number of fused-ring (bicyclic) bond motifs is 1. The van der Waals surface area contributed by atoms with E-state index in [0.717, 1.165) is 18.5 Å². The first-order chi connectivity index (χ1) is 12.8. The molecule has 136 valence electrons. The minimum Gasteiger partial charge on any atom is -0.398 e. The molecule has 1 nitrogen and oxygen atoms in total. The number of hydrogen-bond donors (Lipinski definition) is 1. The van der Waals surface area contributed by atoms with Crippen LogP contribution in [0.5, 0.6) is 0 Å². The second kappa shape index (κ2) is 9.43. The molecular formula is C25H31N. The van der Waals surface area contributed by atoms with Crippen molar-refractivity contribution in [1.29, 1.82) is 0 Å². The van der Waals surface area contributed by atoms with Gasteiger partial charge in [0.2, 0.25) is 0 Å². The smallest absolute Gasteiger partial charge is 0.0355 e. The van der Waals surface area contributed by atoms with Gasteiger partial charge in [-0.25, -0.2) is 0 Å². The van der Waals surface area contributed by atoms with Gasteiger partial charge in [0.25, 0.3) is 0 Å². The van der Waals surface area contributed by atoms with Gasteiger partial charge in [0.15, 0.2) is 0 Å². The molecule has 0 atom stereocenters. The first-order valence-electron chi connectivity index (χ1n) is 10.1. The molecule has 0 fully saturated rings. The maximum Gasteiger partial charge on any atom is 0.0355 e. The van der Waals surface area contributed by atoms with Gasteiger partial charge in [-0.2, -0.15) is 0 Å². The van der Waals surface area contributed by atoms with Gasteiger partial charge in [-0.05, 0) is 52.8 Å². The zero-order valence-electron chi connectivity index (χ0n) is 16.0. The lowest BCUT2D eigenvalue weighted by Crippen LogP contribution is -2.03. The van der Waals surface area contributed by atoms with E-state index in [-0.39, 0.29) is 0 Å². The Morgan fingerprint density at radius 1 is 0.731 bits per heavy atom. The largest absolute Gasteiger partial charge is 0.398 e. The van der Waals surface area contributed by atoms with E-state index in [0.29, 0.717) is 0 Å². The highest BCUT2D eigenvalue weighted by atomic mass is 14.6. The Hall–Kier alpha value is -2.28. The van der Waals surface area contributed by atoms with Crippen molar-refractivity contribution in [1.82, 2.24) is 0 Å². The molecule has 3 rings (SSSR count). The molecular weight excluding hydrogens is 314 g/mol. The molecule has 0 aliphatic heterocycles. The Labute approximate surface area is 158 Å². The van der Waals surface area contributed by atoms with Crippen LogP contribution >= 0.6 is 0 Å². The zero-order valence-corrected chi connectivity index (χ0v) is 16.0. The predicted molar refractivity (Wildman–Crippen MR) is 115 cm³/mol. The number of hydrogen-bond acceptors (Lipinski definition) is 1. The van der Waals surface area contributed by atoms with Crippen molar-refractivity contribution in [2.45, 2.75) is 58.3 Å². The van der Waals surface area contributed by atoms with E-state index < -0.39 is 0 Å². The molecule has 0 amide bonds. The van der Waals surface area contributed by atoms with Crippen molar-refractivity contribution in [2.75, 3.05) is 5.73 Å². The highest BCUT2D eigenvalue weighted by Gasteiger charge is 2.12. The standard InChI is InChI=1S/C25H31N/c1-2-3-4-5-6-10-17-23-24(18-20-13-8-7-9-14-20)22-16-12-11-15-21(22)19-25(23)26/h7-9,11-16,19H,2-6,10,17-18,26H2,1H3. The molecule has 0 aromatic heterocycles. The molecule has 0 spiro atoms. The highest BCUT2D eigenvalue weighted by molar-refractivity contribution is 5.90. The van der Waals surface area contributed by atoms with Gasteiger partial charge in [-0.1, -0.05) is 93.6 Å².